The van der Waals surface area contributed by atoms with Crippen LogP contribution in [0.5, 0.6) is 11.5 Å². The number of nitrogens with zero attached hydrogens (tertiary/aromatic N) is 3. The number of pyridine rings is 2. The van der Waals surface area contributed by atoms with Gasteiger partial charge in [0.25, 0.3) is 11.8 Å². The van der Waals surface area contributed by atoms with Gasteiger partial charge in [0.1, 0.15) is 22.7 Å². The highest BCUT2D eigenvalue weighted by molar-refractivity contribution is 7.92. The van der Waals surface area contributed by atoms with Gasteiger partial charge in [0.05, 0.1) is 23.5 Å². The Bertz CT molecular complexity index is 2140. The lowest BCUT2D eigenvalue weighted by Crippen LogP contribution is -2.36. The molecule has 1 aliphatic carbocycles. The Labute approximate surface area is 312 Å². The summed E-state index contributed by atoms with van der Waals surface area (Å²) >= 11 is 12.6. The van der Waals surface area contributed by atoms with E-state index in [-0.39, 0.29) is 80.6 Å². The van der Waals surface area contributed by atoms with E-state index in [4.69, 9.17) is 32.7 Å². The van der Waals surface area contributed by atoms with Gasteiger partial charge in [-0.1, -0.05) is 35.3 Å². The Hall–Kier alpha value is -5.06. The summed E-state index contributed by atoms with van der Waals surface area (Å²) in [6, 6.07) is 12.9. The molecule has 1 fully saturated rings. The monoisotopic (exact) mass is 790 g/mol. The predicted octanol–water partition coefficient (Wildman–Crippen LogP) is 5.52. The maximum absolute atomic E-state index is 13.5. The summed E-state index contributed by atoms with van der Waals surface area (Å²) in [6.45, 7) is -3.75. The SMILES string of the molecule is O=C(CN1C(=O)c2ccc(NS(=O)(=O)CCc3ccccn3)cc2C1=O)O[C@@H](Cc1c(Cl)c[n+]([O-])cc1Cl)c1ccc(OC(F)F)c(OCC2CC2)c1. The maximum atomic E-state index is 13.5. The highest BCUT2D eigenvalue weighted by atomic mass is 35.5. The first-order valence-corrected chi connectivity index (χ1v) is 18.6. The number of imide groups is 1. The standard InChI is InChI=1S/C35H30Cl2F2N4O9S/c36-27-16-42(47)17-28(37)26(27)15-30(21-6-9-29(52-35(38)39)31(13-21)50-19-20-4-5-20)51-32(44)18-43-33(45)24-8-7-23(14-25(24)34(43)46)41-53(48,49)12-10-22-3-1-2-11-40-22/h1-3,6-9,11,13-14,16-17,20,30,35,41H,4-5,10,12,15,18-19H2/t30-/m0/s1. The zero-order valence-corrected chi connectivity index (χ0v) is 29.9. The lowest BCUT2D eigenvalue weighted by molar-refractivity contribution is -0.605. The number of sulfonamides is 1. The molecule has 0 unspecified atom stereocenters. The van der Waals surface area contributed by atoms with Gasteiger partial charge in [0.15, 0.2) is 23.9 Å². The van der Waals surface area contributed by atoms with Crippen molar-refractivity contribution in [3.05, 3.63) is 116 Å². The van der Waals surface area contributed by atoms with Gasteiger partial charge in [0.2, 0.25) is 10.0 Å². The fraction of sp³-hybridized carbons (Fsp3) is 0.286. The van der Waals surface area contributed by atoms with Crippen molar-refractivity contribution in [1.82, 2.24) is 9.88 Å². The fourth-order valence-electron chi connectivity index (χ4n) is 5.50. The minimum Gasteiger partial charge on any atom is -0.619 e. The number of fused-ring (bicyclic) bond motifs is 1. The number of halogens is 4. The van der Waals surface area contributed by atoms with E-state index in [1.165, 1.54) is 36.4 Å². The molecule has 2 amide bonds. The Balaban J connectivity index is 1.20. The summed E-state index contributed by atoms with van der Waals surface area (Å²) in [4.78, 5) is 44.9. The van der Waals surface area contributed by atoms with Gasteiger partial charge in [0, 0.05) is 36.0 Å². The summed E-state index contributed by atoms with van der Waals surface area (Å²) in [5, 5.41) is 11.8. The molecule has 2 aromatic carbocycles. The van der Waals surface area contributed by atoms with Crippen molar-refractivity contribution in [1.29, 1.82) is 0 Å². The smallest absolute Gasteiger partial charge is 0.387 e. The second-order valence-corrected chi connectivity index (χ2v) is 14.9. The number of esters is 1. The molecule has 13 nitrogen and oxygen atoms in total. The molecule has 2 aromatic heterocycles. The molecule has 0 spiro atoms. The van der Waals surface area contributed by atoms with Crippen LogP contribution in [0.4, 0.5) is 14.5 Å². The van der Waals surface area contributed by atoms with Crippen molar-refractivity contribution < 1.29 is 50.5 Å². The average Bonchev–Trinajstić information content (AvgIpc) is 3.91. The van der Waals surface area contributed by atoms with Crippen LogP contribution in [-0.4, -0.2) is 61.6 Å². The lowest BCUT2D eigenvalue weighted by atomic mass is 10.0. The predicted molar refractivity (Wildman–Crippen MR) is 186 cm³/mol. The van der Waals surface area contributed by atoms with E-state index in [1.54, 1.807) is 24.4 Å². The highest BCUT2D eigenvalue weighted by Crippen LogP contribution is 2.38. The van der Waals surface area contributed by atoms with Gasteiger partial charge in [-0.2, -0.15) is 13.5 Å². The van der Waals surface area contributed by atoms with Crippen molar-refractivity contribution >= 4 is 56.7 Å². The zero-order valence-electron chi connectivity index (χ0n) is 27.5. The number of alkyl halides is 2. The van der Waals surface area contributed by atoms with Crippen molar-refractivity contribution in [3.63, 3.8) is 0 Å². The Morgan fingerprint density at radius 1 is 1.02 bits per heavy atom. The molecular formula is C35H30Cl2F2N4O9S. The minimum atomic E-state index is -3.87. The van der Waals surface area contributed by atoms with Crippen LogP contribution in [-0.2, 0) is 32.4 Å². The van der Waals surface area contributed by atoms with Gasteiger partial charge < -0.3 is 19.4 Å². The first kappa shape index (κ1) is 37.7. The summed E-state index contributed by atoms with van der Waals surface area (Å²) in [5.74, 6) is -3.07. The van der Waals surface area contributed by atoms with E-state index in [0.29, 0.717) is 15.3 Å². The summed E-state index contributed by atoms with van der Waals surface area (Å²) in [6.07, 6.45) is 4.13. The number of carbonyl (C=O) groups is 3. The third-order valence-corrected chi connectivity index (χ3v) is 10.3. The van der Waals surface area contributed by atoms with E-state index in [0.717, 1.165) is 25.2 Å². The third-order valence-electron chi connectivity index (χ3n) is 8.33. The van der Waals surface area contributed by atoms with Crippen LogP contribution < -0.4 is 18.9 Å². The van der Waals surface area contributed by atoms with E-state index in [2.05, 4.69) is 14.4 Å². The summed E-state index contributed by atoms with van der Waals surface area (Å²) < 4.78 is 70.8. The second kappa shape index (κ2) is 15.9. The number of benzene rings is 2. The van der Waals surface area contributed by atoms with Gasteiger partial charge in [-0.25, -0.2) is 8.42 Å². The number of anilines is 1. The molecule has 2 aliphatic rings. The van der Waals surface area contributed by atoms with Crippen LogP contribution in [0.3, 0.4) is 0 Å². The number of carbonyl (C=O) groups excluding carboxylic acids is 3. The van der Waals surface area contributed by atoms with Crippen LogP contribution >= 0.6 is 23.2 Å². The summed E-state index contributed by atoms with van der Waals surface area (Å²) in [5.41, 5.74) is 0.858. The molecule has 4 aromatic rings. The van der Waals surface area contributed by atoms with Crippen LogP contribution in [0.2, 0.25) is 10.0 Å². The molecule has 1 saturated carbocycles. The number of ether oxygens (including phenoxy) is 3. The number of aryl methyl sites for hydroxylation is 1. The average molecular weight is 792 g/mol. The normalized spacial score (nSPS) is 14.6. The van der Waals surface area contributed by atoms with Crippen LogP contribution in [0, 0.1) is 11.1 Å². The van der Waals surface area contributed by atoms with E-state index >= 15 is 0 Å². The Kier molecular flexibility index (Phi) is 11.3. The van der Waals surface area contributed by atoms with E-state index < -0.39 is 47.1 Å². The number of amides is 2. The molecule has 53 heavy (non-hydrogen) atoms. The number of nitrogens with one attached hydrogen (secondary N) is 1. The first-order chi connectivity index (χ1) is 25.3. The van der Waals surface area contributed by atoms with Crippen molar-refractivity contribution in [2.75, 3.05) is 23.6 Å². The molecule has 1 N–H and O–H groups in total. The maximum Gasteiger partial charge on any atom is 0.387 e. The van der Waals surface area contributed by atoms with Crippen LogP contribution in [0.25, 0.3) is 0 Å². The molecule has 0 saturated heterocycles. The van der Waals surface area contributed by atoms with Crippen molar-refractivity contribution in [2.45, 2.75) is 38.4 Å². The van der Waals surface area contributed by atoms with Crippen molar-refractivity contribution in [3.8, 4) is 11.5 Å². The fourth-order valence-corrected chi connectivity index (χ4v) is 7.16. The molecule has 1 atom stereocenters. The van der Waals surface area contributed by atoms with Gasteiger partial charge in [-0.3, -0.25) is 29.0 Å². The number of aromatic nitrogens is 2. The Morgan fingerprint density at radius 3 is 2.43 bits per heavy atom. The van der Waals surface area contributed by atoms with Crippen molar-refractivity contribution in [2.24, 2.45) is 5.92 Å². The zero-order chi connectivity index (χ0) is 37.9. The van der Waals surface area contributed by atoms with E-state index in [1.807, 2.05) is 0 Å². The Morgan fingerprint density at radius 2 is 1.75 bits per heavy atom. The first-order valence-electron chi connectivity index (χ1n) is 16.1. The number of hydrogen-bond donors (Lipinski definition) is 1. The van der Waals surface area contributed by atoms with Gasteiger partial charge in [-0.15, -0.1) is 0 Å². The quantitative estimate of drug-likeness (QED) is 0.0661. The molecule has 278 valence electrons. The van der Waals surface area contributed by atoms with Crippen LogP contribution in [0.1, 0.15) is 56.5 Å². The second-order valence-electron chi connectivity index (χ2n) is 12.3. The largest absolute Gasteiger partial charge is 0.619 e. The molecule has 1 aliphatic heterocycles. The topological polar surface area (TPSA) is 168 Å². The molecule has 0 bridgehead atoms. The molecule has 3 heterocycles. The molecule has 18 heteroatoms. The number of rotatable bonds is 16. The number of hydrogen-bond acceptors (Lipinski definition) is 10. The van der Waals surface area contributed by atoms with Gasteiger partial charge in [-0.05, 0) is 66.8 Å². The summed E-state index contributed by atoms with van der Waals surface area (Å²) in [7, 11) is -3.87. The van der Waals surface area contributed by atoms with Gasteiger partial charge >= 0.3 is 12.6 Å². The minimum absolute atomic E-state index is 0.0328. The molecule has 6 rings (SSSR count). The molecular weight excluding hydrogens is 761 g/mol. The molecule has 0 radical (unpaired) electrons. The van der Waals surface area contributed by atoms with Crippen LogP contribution in [0.15, 0.2) is 73.2 Å². The highest BCUT2D eigenvalue weighted by Gasteiger charge is 2.38. The van der Waals surface area contributed by atoms with E-state index in [9.17, 15) is 36.8 Å². The lowest BCUT2D eigenvalue weighted by Gasteiger charge is -2.22. The third kappa shape index (κ3) is 9.49.